The number of carbonyl (C=O) groups excluding carboxylic acids is 1. The Balaban J connectivity index is 3.02. The van der Waals surface area contributed by atoms with Crippen LogP contribution in [0.25, 0.3) is 0 Å². The van der Waals surface area contributed by atoms with Crippen molar-refractivity contribution in [3.8, 4) is 0 Å². The van der Waals surface area contributed by atoms with E-state index in [2.05, 4.69) is 20.8 Å². The maximum Gasteiger partial charge on any atom is 0.145 e. The summed E-state index contributed by atoms with van der Waals surface area (Å²) >= 11 is 0. The second kappa shape index (κ2) is 4.11. The van der Waals surface area contributed by atoms with Gasteiger partial charge in [0.25, 0.3) is 0 Å². The highest BCUT2D eigenvalue weighted by molar-refractivity contribution is 5.89. The van der Waals surface area contributed by atoms with Gasteiger partial charge in [0.15, 0.2) is 0 Å². The number of rotatable bonds is 1. The second-order valence-electron chi connectivity index (χ2n) is 6.13. The van der Waals surface area contributed by atoms with Crippen LogP contribution in [-0.2, 0) is 4.79 Å². The third-order valence-electron chi connectivity index (χ3n) is 3.48. The molecule has 1 saturated carbocycles. The molecular formula is C14H24O. The molecule has 1 rings (SSSR count). The van der Waals surface area contributed by atoms with Crippen molar-refractivity contribution in [3.63, 3.8) is 0 Å². The molecular weight excluding hydrogens is 184 g/mol. The number of Topliss-reactive ketones (excluding diaryl/α,β-unsaturated/α-hetero) is 1. The fourth-order valence-electron chi connectivity index (χ4n) is 2.49. The molecule has 0 aliphatic heterocycles. The molecule has 1 heteroatoms. The molecule has 2 atom stereocenters. The summed E-state index contributed by atoms with van der Waals surface area (Å²) in [5.74, 6) is 1.14. The predicted octanol–water partition coefficient (Wildman–Crippen LogP) is 3.98. The van der Waals surface area contributed by atoms with Crippen LogP contribution in [0.4, 0.5) is 0 Å². The van der Waals surface area contributed by atoms with Crippen molar-refractivity contribution in [2.75, 3.05) is 0 Å². The lowest BCUT2D eigenvalue weighted by atomic mass is 9.77. The summed E-state index contributed by atoms with van der Waals surface area (Å²) in [7, 11) is 0. The zero-order valence-corrected chi connectivity index (χ0v) is 11.0. The Kier molecular flexibility index (Phi) is 3.42. The van der Waals surface area contributed by atoms with Crippen molar-refractivity contribution < 1.29 is 4.79 Å². The Morgan fingerprint density at radius 1 is 1.27 bits per heavy atom. The maximum atomic E-state index is 12.4. The lowest BCUT2D eigenvalue weighted by Crippen LogP contribution is -2.30. The zero-order chi connectivity index (χ0) is 11.8. The second-order valence-corrected chi connectivity index (χ2v) is 6.13. The van der Waals surface area contributed by atoms with Crippen LogP contribution in [0, 0.1) is 17.3 Å². The van der Waals surface area contributed by atoms with E-state index in [1.54, 1.807) is 0 Å². The van der Waals surface area contributed by atoms with Gasteiger partial charge in [0.05, 0.1) is 0 Å². The average molecular weight is 208 g/mol. The van der Waals surface area contributed by atoms with Crippen molar-refractivity contribution >= 4 is 5.78 Å². The molecule has 0 amide bonds. The Hall–Kier alpha value is -0.590. The molecule has 0 saturated heterocycles. The number of ketones is 1. The highest BCUT2D eigenvalue weighted by Gasteiger charge is 2.39. The van der Waals surface area contributed by atoms with Gasteiger partial charge in [0.2, 0.25) is 0 Å². The lowest BCUT2D eigenvalue weighted by molar-refractivity contribution is -0.130. The van der Waals surface area contributed by atoms with Crippen molar-refractivity contribution in [1.82, 2.24) is 0 Å². The normalized spacial score (nSPS) is 26.9. The molecule has 0 bridgehead atoms. The minimum atomic E-state index is -0.204. The van der Waals surface area contributed by atoms with E-state index in [0.29, 0.717) is 11.7 Å². The molecule has 0 N–H and O–H groups in total. The first-order chi connectivity index (χ1) is 6.75. The summed E-state index contributed by atoms with van der Waals surface area (Å²) in [6.07, 6.45) is 2.29. The van der Waals surface area contributed by atoms with Crippen LogP contribution in [0.5, 0.6) is 0 Å². The van der Waals surface area contributed by atoms with Gasteiger partial charge in [-0.2, -0.15) is 0 Å². The van der Waals surface area contributed by atoms with Crippen LogP contribution in [0.1, 0.15) is 54.4 Å². The van der Waals surface area contributed by atoms with Gasteiger partial charge in [-0.1, -0.05) is 38.8 Å². The molecule has 1 nitrogen and oxygen atoms in total. The van der Waals surface area contributed by atoms with Crippen molar-refractivity contribution in [1.29, 1.82) is 0 Å². The summed E-state index contributed by atoms with van der Waals surface area (Å²) in [5, 5.41) is 0. The fourth-order valence-corrected chi connectivity index (χ4v) is 2.49. The number of allylic oxidation sites excluding steroid dienone is 2. The molecule has 0 spiro atoms. The van der Waals surface area contributed by atoms with Crippen LogP contribution in [0.3, 0.4) is 0 Å². The third kappa shape index (κ3) is 2.50. The summed E-state index contributed by atoms with van der Waals surface area (Å²) in [6.45, 7) is 12.6. The molecule has 0 aromatic heterocycles. The quantitative estimate of drug-likeness (QED) is 0.596. The van der Waals surface area contributed by atoms with Crippen LogP contribution >= 0.6 is 0 Å². The molecule has 1 aliphatic carbocycles. The molecule has 86 valence electrons. The third-order valence-corrected chi connectivity index (χ3v) is 3.48. The van der Waals surface area contributed by atoms with Crippen molar-refractivity contribution in [2.24, 2.45) is 17.3 Å². The lowest BCUT2D eigenvalue weighted by Gasteiger charge is -2.26. The molecule has 0 unspecified atom stereocenters. The summed E-state index contributed by atoms with van der Waals surface area (Å²) in [4.78, 5) is 12.4. The Bertz CT molecular complexity index is 287. The summed E-state index contributed by atoms with van der Waals surface area (Å²) in [6, 6.07) is 0. The minimum absolute atomic E-state index is 0.190. The van der Waals surface area contributed by atoms with Gasteiger partial charge >= 0.3 is 0 Å². The molecule has 0 heterocycles. The van der Waals surface area contributed by atoms with Gasteiger partial charge in [0, 0.05) is 11.3 Å². The first-order valence-electron chi connectivity index (χ1n) is 5.95. The van der Waals surface area contributed by atoms with E-state index in [9.17, 15) is 4.79 Å². The van der Waals surface area contributed by atoms with E-state index in [1.165, 1.54) is 17.6 Å². The SMILES string of the molecule is CC(C)=C1CC[C@@H](C)[C@@H]1C(=O)C(C)(C)C. The minimum Gasteiger partial charge on any atom is -0.298 e. The van der Waals surface area contributed by atoms with Crippen molar-refractivity contribution in [2.45, 2.75) is 54.4 Å². The maximum absolute atomic E-state index is 12.4. The van der Waals surface area contributed by atoms with Crippen LogP contribution in [0.2, 0.25) is 0 Å². The highest BCUT2D eigenvalue weighted by atomic mass is 16.1. The predicted molar refractivity (Wildman–Crippen MR) is 64.7 cm³/mol. The number of hydrogen-bond donors (Lipinski definition) is 0. The average Bonchev–Trinajstić information content (AvgIpc) is 2.44. The van der Waals surface area contributed by atoms with Gasteiger partial charge in [0.1, 0.15) is 5.78 Å². The van der Waals surface area contributed by atoms with E-state index < -0.39 is 0 Å². The standard InChI is InChI=1S/C14H24O/c1-9(2)11-8-7-10(3)12(11)13(15)14(4,5)6/h10,12H,7-8H2,1-6H3/t10-,12+/m1/s1. The van der Waals surface area contributed by atoms with E-state index in [-0.39, 0.29) is 11.3 Å². The van der Waals surface area contributed by atoms with Gasteiger partial charge in [-0.3, -0.25) is 4.79 Å². The Morgan fingerprint density at radius 3 is 2.20 bits per heavy atom. The topological polar surface area (TPSA) is 17.1 Å². The van der Waals surface area contributed by atoms with Crippen LogP contribution in [0.15, 0.2) is 11.1 Å². The molecule has 0 aromatic rings. The van der Waals surface area contributed by atoms with E-state index in [1.807, 2.05) is 20.8 Å². The van der Waals surface area contributed by atoms with Gasteiger partial charge in [-0.15, -0.1) is 0 Å². The van der Waals surface area contributed by atoms with Gasteiger partial charge < -0.3 is 0 Å². The first-order valence-corrected chi connectivity index (χ1v) is 5.95. The molecule has 1 fully saturated rings. The molecule has 1 aliphatic rings. The Labute approximate surface area is 93.9 Å². The fraction of sp³-hybridized carbons (Fsp3) is 0.786. The monoisotopic (exact) mass is 208 g/mol. The molecule has 0 aromatic carbocycles. The highest BCUT2D eigenvalue weighted by Crippen LogP contribution is 2.41. The van der Waals surface area contributed by atoms with Gasteiger partial charge in [-0.05, 0) is 32.6 Å². The van der Waals surface area contributed by atoms with Crippen molar-refractivity contribution in [3.05, 3.63) is 11.1 Å². The van der Waals surface area contributed by atoms with Crippen LogP contribution < -0.4 is 0 Å². The smallest absolute Gasteiger partial charge is 0.145 e. The van der Waals surface area contributed by atoms with Crippen LogP contribution in [-0.4, -0.2) is 5.78 Å². The summed E-state index contributed by atoms with van der Waals surface area (Å²) in [5.41, 5.74) is 2.55. The summed E-state index contributed by atoms with van der Waals surface area (Å²) < 4.78 is 0. The number of hydrogen-bond acceptors (Lipinski definition) is 1. The molecule has 0 radical (unpaired) electrons. The molecule has 15 heavy (non-hydrogen) atoms. The largest absolute Gasteiger partial charge is 0.298 e. The van der Waals surface area contributed by atoms with Gasteiger partial charge in [-0.25, -0.2) is 0 Å². The Morgan fingerprint density at radius 2 is 1.80 bits per heavy atom. The van der Waals surface area contributed by atoms with E-state index in [4.69, 9.17) is 0 Å². The van der Waals surface area contributed by atoms with E-state index in [0.717, 1.165) is 6.42 Å². The van der Waals surface area contributed by atoms with E-state index >= 15 is 0 Å². The zero-order valence-electron chi connectivity index (χ0n) is 11.0. The number of carbonyl (C=O) groups is 1. The first kappa shape index (κ1) is 12.5.